The smallest absolute Gasteiger partial charge is 0.339 e. The predicted molar refractivity (Wildman–Crippen MR) is 96.8 cm³/mol. The predicted octanol–water partition coefficient (Wildman–Crippen LogP) is 3.72. The highest BCUT2D eigenvalue weighted by atomic mass is 16.5. The van der Waals surface area contributed by atoms with Gasteiger partial charge in [-0.05, 0) is 30.5 Å². The molecule has 130 valence electrons. The molecule has 5 heteroatoms. The second-order valence-corrected chi connectivity index (χ2v) is 6.34. The van der Waals surface area contributed by atoms with Gasteiger partial charge < -0.3 is 15.4 Å². The highest BCUT2D eigenvalue weighted by Gasteiger charge is 2.38. The van der Waals surface area contributed by atoms with Gasteiger partial charge in [-0.2, -0.15) is 0 Å². The molecule has 0 atom stereocenters. The number of ether oxygens (including phenoxy) is 1. The van der Waals surface area contributed by atoms with Crippen LogP contribution in [-0.2, 0) is 10.2 Å². The molecule has 0 aliphatic heterocycles. The zero-order valence-corrected chi connectivity index (χ0v) is 14.2. The molecule has 25 heavy (non-hydrogen) atoms. The van der Waals surface area contributed by atoms with Crippen LogP contribution >= 0.6 is 0 Å². The molecule has 0 heterocycles. The standard InChI is InChI=1S/C20H22N2O3/c1-25-18(23)16-10-5-6-11-17(16)22-19(24)21-14-20(12-7-13-20)15-8-3-2-4-9-15/h2-6,8-11H,7,12-14H2,1H3,(H2,21,22,24). The van der Waals surface area contributed by atoms with E-state index in [-0.39, 0.29) is 11.4 Å². The van der Waals surface area contributed by atoms with Crippen LogP contribution in [0.15, 0.2) is 54.6 Å². The second-order valence-electron chi connectivity index (χ2n) is 6.34. The molecule has 0 bridgehead atoms. The Bertz CT molecular complexity index is 755. The number of amides is 2. The van der Waals surface area contributed by atoms with E-state index in [2.05, 4.69) is 22.8 Å². The van der Waals surface area contributed by atoms with Crippen molar-refractivity contribution in [1.82, 2.24) is 5.32 Å². The van der Waals surface area contributed by atoms with Crippen molar-refractivity contribution in [3.8, 4) is 0 Å². The summed E-state index contributed by atoms with van der Waals surface area (Å²) in [5, 5.41) is 5.70. The number of benzene rings is 2. The lowest BCUT2D eigenvalue weighted by Gasteiger charge is -2.42. The van der Waals surface area contributed by atoms with Crippen molar-refractivity contribution in [2.45, 2.75) is 24.7 Å². The minimum atomic E-state index is -0.476. The van der Waals surface area contributed by atoms with Crippen LogP contribution in [0.5, 0.6) is 0 Å². The van der Waals surface area contributed by atoms with Crippen LogP contribution in [0.4, 0.5) is 10.5 Å². The molecule has 0 radical (unpaired) electrons. The van der Waals surface area contributed by atoms with Crippen molar-refractivity contribution in [1.29, 1.82) is 0 Å². The lowest BCUT2D eigenvalue weighted by atomic mass is 9.64. The Hall–Kier alpha value is -2.82. The number of hydrogen-bond donors (Lipinski definition) is 2. The minimum Gasteiger partial charge on any atom is -0.465 e. The van der Waals surface area contributed by atoms with Gasteiger partial charge in [0, 0.05) is 12.0 Å². The Balaban J connectivity index is 1.65. The first-order valence-electron chi connectivity index (χ1n) is 8.42. The Morgan fingerprint density at radius 3 is 2.36 bits per heavy atom. The van der Waals surface area contributed by atoms with E-state index in [1.807, 2.05) is 18.2 Å². The number of para-hydroxylation sites is 1. The first kappa shape index (κ1) is 17.0. The minimum absolute atomic E-state index is 0.0144. The fourth-order valence-electron chi connectivity index (χ4n) is 3.26. The largest absolute Gasteiger partial charge is 0.465 e. The van der Waals surface area contributed by atoms with Crippen molar-refractivity contribution < 1.29 is 14.3 Å². The first-order chi connectivity index (χ1) is 12.1. The molecule has 0 saturated heterocycles. The zero-order valence-electron chi connectivity index (χ0n) is 14.2. The van der Waals surface area contributed by atoms with Crippen molar-refractivity contribution in [3.63, 3.8) is 0 Å². The molecule has 1 saturated carbocycles. The lowest BCUT2D eigenvalue weighted by molar-refractivity contribution is 0.0602. The van der Waals surface area contributed by atoms with Gasteiger partial charge in [-0.1, -0.05) is 48.9 Å². The highest BCUT2D eigenvalue weighted by molar-refractivity contribution is 6.00. The molecule has 1 aliphatic carbocycles. The monoisotopic (exact) mass is 338 g/mol. The van der Waals surface area contributed by atoms with Crippen molar-refractivity contribution in [2.24, 2.45) is 0 Å². The van der Waals surface area contributed by atoms with E-state index in [0.717, 1.165) is 12.8 Å². The molecule has 0 spiro atoms. The summed E-state index contributed by atoms with van der Waals surface area (Å²) in [5.41, 5.74) is 2.05. The van der Waals surface area contributed by atoms with Crippen molar-refractivity contribution >= 4 is 17.7 Å². The lowest BCUT2D eigenvalue weighted by Crippen LogP contribution is -2.46. The molecule has 3 rings (SSSR count). The van der Waals surface area contributed by atoms with Gasteiger partial charge in [0.25, 0.3) is 0 Å². The van der Waals surface area contributed by atoms with E-state index < -0.39 is 5.97 Å². The van der Waals surface area contributed by atoms with Gasteiger partial charge in [-0.3, -0.25) is 0 Å². The summed E-state index contributed by atoms with van der Waals surface area (Å²) >= 11 is 0. The molecule has 5 nitrogen and oxygen atoms in total. The Morgan fingerprint density at radius 2 is 1.72 bits per heavy atom. The van der Waals surface area contributed by atoms with Crippen molar-refractivity contribution in [2.75, 3.05) is 19.0 Å². The summed E-state index contributed by atoms with van der Waals surface area (Å²) in [6.45, 7) is 0.573. The van der Waals surface area contributed by atoms with Gasteiger partial charge in [-0.15, -0.1) is 0 Å². The van der Waals surface area contributed by atoms with Gasteiger partial charge in [0.05, 0.1) is 18.4 Å². The number of nitrogens with one attached hydrogen (secondary N) is 2. The summed E-state index contributed by atoms with van der Waals surface area (Å²) in [6, 6.07) is 16.8. The summed E-state index contributed by atoms with van der Waals surface area (Å²) in [5.74, 6) is -0.476. The van der Waals surface area contributed by atoms with Crippen LogP contribution in [0.1, 0.15) is 35.2 Å². The molecule has 1 fully saturated rings. The van der Waals surface area contributed by atoms with E-state index in [1.165, 1.54) is 19.1 Å². The number of rotatable bonds is 5. The molecule has 2 aromatic rings. The number of urea groups is 1. The molecule has 2 amide bonds. The van der Waals surface area contributed by atoms with Gasteiger partial charge in [-0.25, -0.2) is 9.59 Å². The Morgan fingerprint density at radius 1 is 1.04 bits per heavy atom. The maximum atomic E-state index is 12.3. The van der Waals surface area contributed by atoms with Crippen molar-refractivity contribution in [3.05, 3.63) is 65.7 Å². The maximum Gasteiger partial charge on any atom is 0.339 e. The number of methoxy groups -OCH3 is 1. The number of anilines is 1. The highest BCUT2D eigenvalue weighted by Crippen LogP contribution is 2.43. The normalized spacial score (nSPS) is 14.9. The molecule has 1 aliphatic rings. The maximum absolute atomic E-state index is 12.3. The summed E-state index contributed by atoms with van der Waals surface area (Å²) in [6.07, 6.45) is 3.30. The number of carbonyl (C=O) groups is 2. The zero-order chi connectivity index (χ0) is 17.7. The van der Waals surface area contributed by atoms with Gasteiger partial charge in [0.2, 0.25) is 0 Å². The Kier molecular flexibility index (Phi) is 5.03. The van der Waals surface area contributed by atoms with Crippen LogP contribution in [-0.4, -0.2) is 25.7 Å². The summed E-state index contributed by atoms with van der Waals surface area (Å²) in [4.78, 5) is 24.1. The Labute approximate surface area is 147 Å². The van der Waals surface area contributed by atoms with Crippen LogP contribution in [0.25, 0.3) is 0 Å². The molecular formula is C20H22N2O3. The third-order valence-electron chi connectivity index (χ3n) is 4.86. The topological polar surface area (TPSA) is 67.4 Å². The van der Waals surface area contributed by atoms with Gasteiger partial charge in [0.15, 0.2) is 0 Å². The van der Waals surface area contributed by atoms with Crippen LogP contribution < -0.4 is 10.6 Å². The number of carbonyl (C=O) groups excluding carboxylic acids is 2. The SMILES string of the molecule is COC(=O)c1ccccc1NC(=O)NCC1(c2ccccc2)CCC1. The third kappa shape index (κ3) is 3.65. The fourth-order valence-corrected chi connectivity index (χ4v) is 3.26. The van der Waals surface area contributed by atoms with E-state index in [9.17, 15) is 9.59 Å². The summed E-state index contributed by atoms with van der Waals surface area (Å²) < 4.78 is 4.75. The number of esters is 1. The quantitative estimate of drug-likeness (QED) is 0.817. The average Bonchev–Trinajstić information content (AvgIpc) is 2.61. The van der Waals surface area contributed by atoms with E-state index in [4.69, 9.17) is 4.74 Å². The fraction of sp³-hybridized carbons (Fsp3) is 0.300. The first-order valence-corrected chi connectivity index (χ1v) is 8.42. The summed E-state index contributed by atoms with van der Waals surface area (Å²) in [7, 11) is 1.32. The molecular weight excluding hydrogens is 316 g/mol. The molecule has 0 unspecified atom stereocenters. The average molecular weight is 338 g/mol. The second kappa shape index (κ2) is 7.38. The van der Waals surface area contributed by atoms with Gasteiger partial charge >= 0.3 is 12.0 Å². The van der Waals surface area contributed by atoms with Crippen LogP contribution in [0, 0.1) is 0 Å². The molecule has 0 aromatic heterocycles. The van der Waals surface area contributed by atoms with E-state index in [0.29, 0.717) is 17.8 Å². The van der Waals surface area contributed by atoms with E-state index in [1.54, 1.807) is 24.3 Å². The third-order valence-corrected chi connectivity index (χ3v) is 4.86. The molecule has 2 N–H and O–H groups in total. The van der Waals surface area contributed by atoms with E-state index >= 15 is 0 Å². The molecule has 2 aromatic carbocycles. The van der Waals surface area contributed by atoms with Gasteiger partial charge in [0.1, 0.15) is 0 Å². The van der Waals surface area contributed by atoms with Crippen LogP contribution in [0.3, 0.4) is 0 Å². The number of hydrogen-bond acceptors (Lipinski definition) is 3. The van der Waals surface area contributed by atoms with Crippen LogP contribution in [0.2, 0.25) is 0 Å².